The summed E-state index contributed by atoms with van der Waals surface area (Å²) in [5, 5.41) is 10.7. The molecule has 0 spiro atoms. The number of carbonyl (C=O) groups excluding carboxylic acids is 1. The molecule has 0 aliphatic rings. The highest BCUT2D eigenvalue weighted by Gasteiger charge is 2.09. The number of methoxy groups -OCH3 is 1. The van der Waals surface area contributed by atoms with Crippen molar-refractivity contribution in [3.63, 3.8) is 0 Å². The van der Waals surface area contributed by atoms with E-state index in [1.165, 1.54) is 0 Å². The molecule has 0 aliphatic carbocycles. The SMILES string of the molecule is COc1ccc(C(=O)Nc2ccc3cn[nH]c3c2)cc1Br. The molecule has 0 saturated heterocycles. The van der Waals surface area contributed by atoms with E-state index >= 15 is 0 Å². The number of halogens is 1. The molecule has 1 amide bonds. The zero-order valence-corrected chi connectivity index (χ0v) is 12.8. The monoisotopic (exact) mass is 345 g/mol. The molecule has 0 saturated carbocycles. The third-order valence-corrected chi connectivity index (χ3v) is 3.73. The number of benzene rings is 2. The minimum Gasteiger partial charge on any atom is -0.496 e. The third-order valence-electron chi connectivity index (χ3n) is 3.11. The van der Waals surface area contributed by atoms with Gasteiger partial charge >= 0.3 is 0 Å². The minimum absolute atomic E-state index is 0.183. The first-order valence-electron chi connectivity index (χ1n) is 6.25. The Balaban J connectivity index is 1.83. The Morgan fingerprint density at radius 2 is 2.14 bits per heavy atom. The first kappa shape index (κ1) is 13.6. The van der Waals surface area contributed by atoms with Crippen LogP contribution >= 0.6 is 15.9 Å². The molecular formula is C15H12BrN3O2. The Bertz CT molecular complexity index is 814. The van der Waals surface area contributed by atoms with Gasteiger partial charge in [-0.15, -0.1) is 0 Å². The summed E-state index contributed by atoms with van der Waals surface area (Å²) in [6.45, 7) is 0. The van der Waals surface area contributed by atoms with Gasteiger partial charge in [0.1, 0.15) is 5.75 Å². The Morgan fingerprint density at radius 3 is 2.90 bits per heavy atom. The van der Waals surface area contributed by atoms with Crippen LogP contribution in [-0.2, 0) is 0 Å². The van der Waals surface area contributed by atoms with Gasteiger partial charge in [0.15, 0.2) is 0 Å². The number of aromatic nitrogens is 2. The quantitative estimate of drug-likeness (QED) is 0.762. The average Bonchev–Trinajstić information content (AvgIpc) is 2.94. The van der Waals surface area contributed by atoms with E-state index in [2.05, 4.69) is 31.4 Å². The van der Waals surface area contributed by atoms with Crippen LogP contribution in [0.25, 0.3) is 10.9 Å². The lowest BCUT2D eigenvalue weighted by atomic mass is 10.2. The maximum Gasteiger partial charge on any atom is 0.255 e. The predicted molar refractivity (Wildman–Crippen MR) is 84.7 cm³/mol. The Morgan fingerprint density at radius 1 is 1.29 bits per heavy atom. The summed E-state index contributed by atoms with van der Waals surface area (Å²) < 4.78 is 5.89. The molecule has 2 N–H and O–H groups in total. The van der Waals surface area contributed by atoms with Gasteiger partial charge in [-0.25, -0.2) is 0 Å². The van der Waals surface area contributed by atoms with Crippen LogP contribution < -0.4 is 10.1 Å². The van der Waals surface area contributed by atoms with E-state index in [4.69, 9.17) is 4.74 Å². The van der Waals surface area contributed by atoms with Crippen molar-refractivity contribution < 1.29 is 9.53 Å². The van der Waals surface area contributed by atoms with Gasteiger partial charge in [0, 0.05) is 16.6 Å². The van der Waals surface area contributed by atoms with Crippen molar-refractivity contribution in [1.82, 2.24) is 10.2 Å². The van der Waals surface area contributed by atoms with Gasteiger partial charge in [0.05, 0.1) is 23.3 Å². The zero-order chi connectivity index (χ0) is 14.8. The van der Waals surface area contributed by atoms with Crippen LogP contribution in [-0.4, -0.2) is 23.2 Å². The number of anilines is 1. The summed E-state index contributed by atoms with van der Waals surface area (Å²) in [5.41, 5.74) is 2.14. The molecule has 106 valence electrons. The van der Waals surface area contributed by atoms with Crippen molar-refractivity contribution in [2.45, 2.75) is 0 Å². The number of rotatable bonds is 3. The number of H-pyrrole nitrogens is 1. The first-order chi connectivity index (χ1) is 10.2. The number of aromatic amines is 1. The predicted octanol–water partition coefficient (Wildman–Crippen LogP) is 3.59. The summed E-state index contributed by atoms with van der Waals surface area (Å²) in [6.07, 6.45) is 1.74. The molecule has 0 bridgehead atoms. The molecule has 0 radical (unpaired) electrons. The van der Waals surface area contributed by atoms with Gasteiger partial charge in [-0.3, -0.25) is 9.89 Å². The number of hydrogen-bond donors (Lipinski definition) is 2. The third kappa shape index (κ3) is 2.75. The van der Waals surface area contributed by atoms with Crippen LogP contribution in [0.4, 0.5) is 5.69 Å². The molecule has 5 nitrogen and oxygen atoms in total. The lowest BCUT2D eigenvalue weighted by molar-refractivity contribution is 0.102. The molecule has 0 unspecified atom stereocenters. The lowest BCUT2D eigenvalue weighted by Crippen LogP contribution is -2.11. The van der Waals surface area contributed by atoms with E-state index in [0.29, 0.717) is 17.0 Å². The second kappa shape index (κ2) is 5.57. The second-order valence-electron chi connectivity index (χ2n) is 4.48. The molecule has 6 heteroatoms. The molecule has 0 fully saturated rings. The molecular weight excluding hydrogens is 334 g/mol. The van der Waals surface area contributed by atoms with Gasteiger partial charge in [-0.05, 0) is 52.3 Å². The Labute approximate surface area is 129 Å². The smallest absolute Gasteiger partial charge is 0.255 e. The van der Waals surface area contributed by atoms with Gasteiger partial charge in [-0.1, -0.05) is 0 Å². The highest BCUT2D eigenvalue weighted by molar-refractivity contribution is 9.10. The topological polar surface area (TPSA) is 67.0 Å². The number of ether oxygens (including phenoxy) is 1. The van der Waals surface area contributed by atoms with Gasteiger partial charge < -0.3 is 10.1 Å². The first-order valence-corrected chi connectivity index (χ1v) is 7.05. The largest absolute Gasteiger partial charge is 0.496 e. The second-order valence-corrected chi connectivity index (χ2v) is 5.33. The lowest BCUT2D eigenvalue weighted by Gasteiger charge is -2.08. The summed E-state index contributed by atoms with van der Waals surface area (Å²) in [4.78, 5) is 12.2. The van der Waals surface area contributed by atoms with E-state index in [1.807, 2.05) is 18.2 Å². The van der Waals surface area contributed by atoms with Crippen molar-refractivity contribution >= 4 is 38.4 Å². The van der Waals surface area contributed by atoms with Gasteiger partial charge in [-0.2, -0.15) is 5.10 Å². The van der Waals surface area contributed by atoms with Crippen LogP contribution in [0.2, 0.25) is 0 Å². The van der Waals surface area contributed by atoms with E-state index in [-0.39, 0.29) is 5.91 Å². The van der Waals surface area contributed by atoms with Gasteiger partial charge in [0.2, 0.25) is 0 Å². The molecule has 1 aromatic heterocycles. The fraction of sp³-hybridized carbons (Fsp3) is 0.0667. The molecule has 3 aromatic rings. The van der Waals surface area contributed by atoms with Crippen LogP contribution in [0, 0.1) is 0 Å². The molecule has 3 rings (SSSR count). The van der Waals surface area contributed by atoms with Crippen molar-refractivity contribution in [2.75, 3.05) is 12.4 Å². The fourth-order valence-corrected chi connectivity index (χ4v) is 2.57. The van der Waals surface area contributed by atoms with E-state index < -0.39 is 0 Å². The van der Waals surface area contributed by atoms with Crippen molar-refractivity contribution in [3.05, 3.63) is 52.6 Å². The number of hydrogen-bond acceptors (Lipinski definition) is 3. The zero-order valence-electron chi connectivity index (χ0n) is 11.2. The maximum absolute atomic E-state index is 12.2. The highest BCUT2D eigenvalue weighted by atomic mass is 79.9. The van der Waals surface area contributed by atoms with Crippen LogP contribution in [0.1, 0.15) is 10.4 Å². The molecule has 0 aliphatic heterocycles. The van der Waals surface area contributed by atoms with E-state index in [9.17, 15) is 4.79 Å². The molecule has 1 heterocycles. The van der Waals surface area contributed by atoms with Crippen LogP contribution in [0.15, 0.2) is 47.1 Å². The van der Waals surface area contributed by atoms with E-state index in [0.717, 1.165) is 15.4 Å². The summed E-state index contributed by atoms with van der Waals surface area (Å²) in [5.74, 6) is 0.502. The number of fused-ring (bicyclic) bond motifs is 1. The number of nitrogens with zero attached hydrogens (tertiary/aromatic N) is 1. The Hall–Kier alpha value is -2.34. The van der Waals surface area contributed by atoms with E-state index in [1.54, 1.807) is 31.5 Å². The fourth-order valence-electron chi connectivity index (χ4n) is 2.03. The van der Waals surface area contributed by atoms with Crippen molar-refractivity contribution in [1.29, 1.82) is 0 Å². The Kier molecular flexibility index (Phi) is 3.62. The van der Waals surface area contributed by atoms with Crippen molar-refractivity contribution in [2.24, 2.45) is 0 Å². The summed E-state index contributed by atoms with van der Waals surface area (Å²) in [7, 11) is 1.58. The van der Waals surface area contributed by atoms with Crippen LogP contribution in [0.5, 0.6) is 5.75 Å². The summed E-state index contributed by atoms with van der Waals surface area (Å²) in [6, 6.07) is 10.8. The molecule has 2 aromatic carbocycles. The van der Waals surface area contributed by atoms with Crippen LogP contribution in [0.3, 0.4) is 0 Å². The standard InChI is InChI=1S/C15H12BrN3O2/c1-21-14-5-3-9(6-12(14)16)15(20)18-11-4-2-10-8-17-19-13(10)7-11/h2-8H,1H3,(H,17,19)(H,18,20). The molecule has 21 heavy (non-hydrogen) atoms. The minimum atomic E-state index is -0.183. The number of amides is 1. The molecule has 0 atom stereocenters. The average molecular weight is 346 g/mol. The van der Waals surface area contributed by atoms with Gasteiger partial charge in [0.25, 0.3) is 5.91 Å². The highest BCUT2D eigenvalue weighted by Crippen LogP contribution is 2.26. The summed E-state index contributed by atoms with van der Waals surface area (Å²) >= 11 is 3.37. The number of nitrogens with one attached hydrogen (secondary N) is 2. The number of carbonyl (C=O) groups is 1. The normalized spacial score (nSPS) is 10.6. The van der Waals surface area contributed by atoms with Crippen molar-refractivity contribution in [3.8, 4) is 5.75 Å². The maximum atomic E-state index is 12.2.